The third-order valence-corrected chi connectivity index (χ3v) is 4.77. The van der Waals surface area contributed by atoms with Crippen molar-refractivity contribution in [1.82, 2.24) is 20.2 Å². The Morgan fingerprint density at radius 2 is 1.93 bits per heavy atom. The third-order valence-electron chi connectivity index (χ3n) is 4.77. The van der Waals surface area contributed by atoms with E-state index in [1.54, 1.807) is 48.7 Å². The molecule has 8 heteroatoms. The minimum Gasteiger partial charge on any atom is -0.481 e. The van der Waals surface area contributed by atoms with Crippen molar-refractivity contribution in [2.24, 2.45) is 0 Å². The lowest BCUT2D eigenvalue weighted by atomic mass is 9.89. The summed E-state index contributed by atoms with van der Waals surface area (Å²) in [7, 11) is 1.57. The van der Waals surface area contributed by atoms with E-state index in [4.69, 9.17) is 9.47 Å². The zero-order valence-electron chi connectivity index (χ0n) is 17.8. The first kappa shape index (κ1) is 21.5. The van der Waals surface area contributed by atoms with E-state index < -0.39 is 11.7 Å². The Morgan fingerprint density at radius 3 is 2.53 bits per heavy atom. The number of hydrogen-bond acceptors (Lipinski definition) is 6. The fourth-order valence-electron chi connectivity index (χ4n) is 3.43. The topological polar surface area (TPSA) is 93.7 Å². The molecule has 30 heavy (non-hydrogen) atoms. The van der Waals surface area contributed by atoms with Crippen LogP contribution in [0.5, 0.6) is 5.88 Å². The van der Waals surface area contributed by atoms with Gasteiger partial charge in [0.1, 0.15) is 11.3 Å². The van der Waals surface area contributed by atoms with Gasteiger partial charge >= 0.3 is 6.09 Å². The minimum atomic E-state index is -0.599. The Balaban J connectivity index is 1.78. The Hall–Kier alpha value is -3.16. The first-order valence-electron chi connectivity index (χ1n) is 9.95. The van der Waals surface area contributed by atoms with Gasteiger partial charge in [-0.3, -0.25) is 9.78 Å². The molecule has 1 aliphatic rings. The summed E-state index contributed by atoms with van der Waals surface area (Å²) < 4.78 is 10.7. The van der Waals surface area contributed by atoms with Gasteiger partial charge in [-0.05, 0) is 44.9 Å². The van der Waals surface area contributed by atoms with Crippen LogP contribution >= 0.6 is 0 Å². The van der Waals surface area contributed by atoms with E-state index in [2.05, 4.69) is 15.3 Å². The Kier molecular flexibility index (Phi) is 6.54. The van der Waals surface area contributed by atoms with E-state index in [0.717, 1.165) is 5.56 Å². The molecule has 0 aromatic carbocycles. The number of aromatic nitrogens is 2. The monoisotopic (exact) mass is 412 g/mol. The van der Waals surface area contributed by atoms with Gasteiger partial charge in [0.2, 0.25) is 5.88 Å². The first-order chi connectivity index (χ1) is 14.2. The maximum atomic E-state index is 12.7. The van der Waals surface area contributed by atoms with Crippen LogP contribution in [-0.2, 0) is 4.74 Å². The fourth-order valence-corrected chi connectivity index (χ4v) is 3.43. The molecule has 2 aromatic rings. The largest absolute Gasteiger partial charge is 0.481 e. The van der Waals surface area contributed by atoms with Crippen molar-refractivity contribution in [2.75, 3.05) is 20.2 Å². The first-order valence-corrected chi connectivity index (χ1v) is 9.95. The molecule has 1 fully saturated rings. The van der Waals surface area contributed by atoms with Gasteiger partial charge < -0.3 is 19.7 Å². The number of hydrogen-bond donors (Lipinski definition) is 1. The zero-order valence-corrected chi connectivity index (χ0v) is 17.8. The van der Waals surface area contributed by atoms with Gasteiger partial charge in [-0.25, -0.2) is 9.78 Å². The average molecular weight is 412 g/mol. The highest BCUT2D eigenvalue weighted by Gasteiger charge is 2.34. The quantitative estimate of drug-likeness (QED) is 0.830. The number of rotatable bonds is 4. The summed E-state index contributed by atoms with van der Waals surface area (Å²) in [6.45, 7) is 6.35. The number of likely N-dealkylation sites (tertiary alicyclic amines) is 1. The smallest absolute Gasteiger partial charge is 0.410 e. The van der Waals surface area contributed by atoms with Crippen LogP contribution in [0.2, 0.25) is 0 Å². The Labute approximate surface area is 176 Å². The molecule has 3 heterocycles. The normalized spacial score (nSPS) is 19.1. The number of carbonyl (C=O) groups is 2. The summed E-state index contributed by atoms with van der Waals surface area (Å²) in [5.74, 6) is 0.260. The summed E-state index contributed by atoms with van der Waals surface area (Å²) in [5, 5.41) is 3.01. The predicted octanol–water partition coefficient (Wildman–Crippen LogP) is 3.01. The molecular weight excluding hydrogens is 384 g/mol. The molecule has 0 aliphatic carbocycles. The molecule has 8 nitrogen and oxygen atoms in total. The molecule has 2 amide bonds. The lowest BCUT2D eigenvalue weighted by molar-refractivity contribution is 0.0164. The number of nitrogens with one attached hydrogen (secondary N) is 1. The van der Waals surface area contributed by atoms with Crippen molar-refractivity contribution >= 4 is 12.0 Å². The molecule has 1 aliphatic heterocycles. The molecule has 160 valence electrons. The van der Waals surface area contributed by atoms with Crippen molar-refractivity contribution in [3.05, 3.63) is 54.0 Å². The van der Waals surface area contributed by atoms with Gasteiger partial charge in [0.15, 0.2) is 0 Å². The lowest BCUT2D eigenvalue weighted by Gasteiger charge is -2.38. The van der Waals surface area contributed by atoms with Gasteiger partial charge in [-0.2, -0.15) is 0 Å². The molecule has 0 radical (unpaired) electrons. The van der Waals surface area contributed by atoms with Crippen molar-refractivity contribution < 1.29 is 19.1 Å². The summed E-state index contributed by atoms with van der Waals surface area (Å²) >= 11 is 0. The molecule has 1 N–H and O–H groups in total. The van der Waals surface area contributed by atoms with Crippen LogP contribution in [0, 0.1) is 0 Å². The van der Waals surface area contributed by atoms with Crippen molar-refractivity contribution in [1.29, 1.82) is 0 Å². The maximum absolute atomic E-state index is 12.7. The van der Waals surface area contributed by atoms with Crippen LogP contribution in [0.25, 0.3) is 0 Å². The van der Waals surface area contributed by atoms with E-state index in [1.165, 1.54) is 0 Å². The van der Waals surface area contributed by atoms with E-state index in [9.17, 15) is 9.59 Å². The molecule has 0 saturated carbocycles. The van der Waals surface area contributed by atoms with Gasteiger partial charge in [0.05, 0.1) is 7.11 Å². The number of piperidine rings is 1. The van der Waals surface area contributed by atoms with E-state index in [-0.39, 0.29) is 17.9 Å². The van der Waals surface area contributed by atoms with Crippen LogP contribution in [0.4, 0.5) is 4.79 Å². The summed E-state index contributed by atoms with van der Waals surface area (Å²) in [6.07, 6.45) is 3.60. The third kappa shape index (κ3) is 5.68. The molecule has 2 atom stereocenters. The molecule has 0 unspecified atom stereocenters. The van der Waals surface area contributed by atoms with Crippen molar-refractivity contribution in [3.63, 3.8) is 0 Å². The van der Waals surface area contributed by atoms with Gasteiger partial charge in [0, 0.05) is 43.5 Å². The molecule has 0 spiro atoms. The summed E-state index contributed by atoms with van der Waals surface area (Å²) in [5.41, 5.74) is 0.717. The second kappa shape index (κ2) is 9.11. The summed E-state index contributed by atoms with van der Waals surface area (Å²) in [4.78, 5) is 35.4. The second-order valence-electron chi connectivity index (χ2n) is 8.34. The molecule has 3 rings (SSSR count). The van der Waals surface area contributed by atoms with Crippen LogP contribution in [-0.4, -0.2) is 58.7 Å². The van der Waals surface area contributed by atoms with Gasteiger partial charge in [0.25, 0.3) is 5.91 Å². The SMILES string of the molecule is COc1ccc([C@@H]2C[C@H](NC(=O)c3ccccn3)CN(C(=O)OC(C)(C)C)C2)cn1. The van der Waals surface area contributed by atoms with Crippen LogP contribution in [0.15, 0.2) is 42.7 Å². The van der Waals surface area contributed by atoms with Crippen molar-refractivity contribution in [2.45, 2.75) is 44.8 Å². The number of carbonyl (C=O) groups excluding carboxylic acids is 2. The standard InChI is InChI=1S/C22H28N4O4/c1-22(2,3)30-21(28)26-13-16(15-8-9-19(29-4)24-12-15)11-17(14-26)25-20(27)18-7-5-6-10-23-18/h5-10,12,16-17H,11,13-14H2,1-4H3,(H,25,27)/t16-,17+/m1/s1. The Bertz CT molecular complexity index is 865. The van der Waals surface area contributed by atoms with Gasteiger partial charge in [-0.15, -0.1) is 0 Å². The second-order valence-corrected chi connectivity index (χ2v) is 8.34. The highest BCUT2D eigenvalue weighted by molar-refractivity contribution is 5.92. The summed E-state index contributed by atoms with van der Waals surface area (Å²) in [6, 6.07) is 8.67. The van der Waals surface area contributed by atoms with E-state index in [1.807, 2.05) is 26.8 Å². The van der Waals surface area contributed by atoms with Crippen LogP contribution in [0.1, 0.15) is 49.2 Å². The number of pyridine rings is 2. The molecule has 2 aromatic heterocycles. The number of methoxy groups -OCH3 is 1. The average Bonchev–Trinajstić information content (AvgIpc) is 2.73. The highest BCUT2D eigenvalue weighted by Crippen LogP contribution is 2.28. The van der Waals surface area contributed by atoms with E-state index in [0.29, 0.717) is 31.1 Å². The molecule has 0 bridgehead atoms. The van der Waals surface area contributed by atoms with E-state index >= 15 is 0 Å². The number of nitrogens with zero attached hydrogens (tertiary/aromatic N) is 3. The molecular formula is C22H28N4O4. The van der Waals surface area contributed by atoms with Gasteiger partial charge in [-0.1, -0.05) is 12.1 Å². The fraction of sp³-hybridized carbons (Fsp3) is 0.455. The van der Waals surface area contributed by atoms with Crippen LogP contribution < -0.4 is 10.1 Å². The number of amides is 2. The molecule has 1 saturated heterocycles. The minimum absolute atomic E-state index is 0.00120. The number of ether oxygens (including phenoxy) is 2. The Morgan fingerprint density at radius 1 is 1.13 bits per heavy atom. The maximum Gasteiger partial charge on any atom is 0.410 e. The van der Waals surface area contributed by atoms with Crippen LogP contribution in [0.3, 0.4) is 0 Å². The predicted molar refractivity (Wildman–Crippen MR) is 111 cm³/mol. The van der Waals surface area contributed by atoms with Crippen molar-refractivity contribution in [3.8, 4) is 5.88 Å². The lowest BCUT2D eigenvalue weighted by Crippen LogP contribution is -2.53. The highest BCUT2D eigenvalue weighted by atomic mass is 16.6. The zero-order chi connectivity index (χ0) is 21.7.